The van der Waals surface area contributed by atoms with Crippen LogP contribution in [0.3, 0.4) is 0 Å². The SMILES string of the molecule is COS(c1ccccc1)(c1ccccc1)c1cc(OC(C)(C)C)ccc1OC(C)(C)C. The quantitative estimate of drug-likeness (QED) is 0.392. The molecule has 3 rings (SSSR count). The van der Waals surface area contributed by atoms with Crippen LogP contribution in [0.5, 0.6) is 11.5 Å². The standard InChI is InChI=1S/C27H34O3S/c1-26(2,3)29-21-18-19-24(30-27(4,5)6)25(20-21)31(28-7,22-14-10-8-11-15-22)23-16-12-9-13-17-23/h8-20H,1-7H3. The fourth-order valence-corrected chi connectivity index (χ4v) is 6.54. The predicted molar refractivity (Wildman–Crippen MR) is 129 cm³/mol. The van der Waals surface area contributed by atoms with Crippen LogP contribution in [0.4, 0.5) is 0 Å². The first kappa shape index (κ1) is 23.2. The molecule has 0 atom stereocenters. The summed E-state index contributed by atoms with van der Waals surface area (Å²) < 4.78 is 19.2. The molecule has 0 heterocycles. The molecular weight excluding hydrogens is 404 g/mol. The van der Waals surface area contributed by atoms with Crippen LogP contribution in [0.15, 0.2) is 93.5 Å². The third kappa shape index (κ3) is 5.44. The van der Waals surface area contributed by atoms with Crippen molar-refractivity contribution in [1.29, 1.82) is 0 Å². The predicted octanol–water partition coefficient (Wildman–Crippen LogP) is 7.88. The lowest BCUT2D eigenvalue weighted by Gasteiger charge is -2.41. The summed E-state index contributed by atoms with van der Waals surface area (Å²) in [5.41, 5.74) is -0.665. The molecule has 3 aromatic carbocycles. The summed E-state index contributed by atoms with van der Waals surface area (Å²) in [6.45, 7) is 12.3. The Morgan fingerprint density at radius 3 is 1.52 bits per heavy atom. The Kier molecular flexibility index (Phi) is 6.73. The highest BCUT2D eigenvalue weighted by atomic mass is 32.3. The summed E-state index contributed by atoms with van der Waals surface area (Å²) >= 11 is 0. The molecule has 0 amide bonds. The van der Waals surface area contributed by atoms with Crippen LogP contribution in [0.25, 0.3) is 0 Å². The van der Waals surface area contributed by atoms with Crippen LogP contribution in [0.1, 0.15) is 41.5 Å². The topological polar surface area (TPSA) is 27.7 Å². The van der Waals surface area contributed by atoms with Gasteiger partial charge in [0.15, 0.2) is 0 Å². The Balaban J connectivity index is 2.34. The van der Waals surface area contributed by atoms with Gasteiger partial charge in [-0.15, -0.1) is 0 Å². The van der Waals surface area contributed by atoms with Gasteiger partial charge in [0.05, 0.1) is 4.90 Å². The third-order valence-corrected chi connectivity index (χ3v) is 7.78. The summed E-state index contributed by atoms with van der Waals surface area (Å²) in [4.78, 5) is 3.20. The maximum absolute atomic E-state index is 6.48. The second-order valence-corrected chi connectivity index (χ2v) is 12.2. The van der Waals surface area contributed by atoms with Crippen molar-refractivity contribution in [1.82, 2.24) is 0 Å². The van der Waals surface area contributed by atoms with E-state index in [0.717, 1.165) is 26.2 Å². The first-order chi connectivity index (χ1) is 14.5. The highest BCUT2D eigenvalue weighted by Crippen LogP contribution is 2.71. The lowest BCUT2D eigenvalue weighted by Crippen LogP contribution is -2.25. The molecule has 0 bridgehead atoms. The molecule has 0 saturated carbocycles. The van der Waals surface area contributed by atoms with Gasteiger partial charge in [0.2, 0.25) is 0 Å². The molecule has 0 aliphatic carbocycles. The molecule has 0 N–H and O–H groups in total. The molecule has 4 heteroatoms. The van der Waals surface area contributed by atoms with E-state index in [1.54, 1.807) is 7.11 Å². The minimum absolute atomic E-state index is 0.311. The van der Waals surface area contributed by atoms with Crippen LogP contribution in [-0.2, 0) is 4.18 Å². The summed E-state index contributed by atoms with van der Waals surface area (Å²) in [7, 11) is -0.271. The summed E-state index contributed by atoms with van der Waals surface area (Å²) in [5, 5.41) is 0. The van der Waals surface area contributed by atoms with Crippen LogP contribution in [0, 0.1) is 0 Å². The molecule has 0 aromatic heterocycles. The maximum atomic E-state index is 6.48. The Labute approximate surface area is 188 Å². The second-order valence-electron chi connectivity index (χ2n) is 9.39. The number of benzene rings is 3. The zero-order chi connectivity index (χ0) is 22.7. The molecule has 0 radical (unpaired) electrons. The zero-order valence-electron chi connectivity index (χ0n) is 19.6. The molecular formula is C27H34O3S. The van der Waals surface area contributed by atoms with Gasteiger partial charge < -0.3 is 13.7 Å². The van der Waals surface area contributed by atoms with Crippen LogP contribution in [-0.4, -0.2) is 18.3 Å². The molecule has 3 nitrogen and oxygen atoms in total. The van der Waals surface area contributed by atoms with Gasteiger partial charge in [0.1, 0.15) is 22.7 Å². The van der Waals surface area contributed by atoms with Gasteiger partial charge in [-0.1, -0.05) is 46.7 Å². The first-order valence-corrected chi connectivity index (χ1v) is 12.1. The van der Waals surface area contributed by atoms with Gasteiger partial charge in [-0.3, -0.25) is 0 Å². The van der Waals surface area contributed by atoms with E-state index in [9.17, 15) is 0 Å². The van der Waals surface area contributed by atoms with Gasteiger partial charge in [-0.2, -0.15) is 0 Å². The number of ether oxygens (including phenoxy) is 2. The second kappa shape index (κ2) is 8.97. The summed E-state index contributed by atoms with van der Waals surface area (Å²) in [6, 6.07) is 26.9. The largest absolute Gasteiger partial charge is 0.488 e. The molecule has 0 unspecified atom stereocenters. The van der Waals surface area contributed by atoms with Crippen molar-refractivity contribution < 1.29 is 13.7 Å². The van der Waals surface area contributed by atoms with Crippen molar-refractivity contribution in [2.24, 2.45) is 0 Å². The zero-order valence-corrected chi connectivity index (χ0v) is 20.5. The summed E-state index contributed by atoms with van der Waals surface area (Å²) in [5.74, 6) is 1.60. The van der Waals surface area contributed by atoms with Crippen molar-refractivity contribution in [3.05, 3.63) is 78.9 Å². The smallest absolute Gasteiger partial charge is 0.135 e. The van der Waals surface area contributed by atoms with Crippen molar-refractivity contribution in [2.75, 3.05) is 7.11 Å². The molecule has 0 aliphatic rings. The van der Waals surface area contributed by atoms with E-state index < -0.39 is 10.3 Å². The monoisotopic (exact) mass is 438 g/mol. The number of hydrogen-bond acceptors (Lipinski definition) is 3. The van der Waals surface area contributed by atoms with E-state index in [0.29, 0.717) is 0 Å². The minimum atomic E-state index is -2.06. The molecule has 166 valence electrons. The van der Waals surface area contributed by atoms with Gasteiger partial charge in [-0.05, 0) is 84.0 Å². The lowest BCUT2D eigenvalue weighted by molar-refractivity contribution is 0.121. The fraction of sp³-hybridized carbons (Fsp3) is 0.333. The molecule has 0 spiro atoms. The Morgan fingerprint density at radius 2 is 1.10 bits per heavy atom. The van der Waals surface area contributed by atoms with E-state index in [2.05, 4.69) is 96.1 Å². The van der Waals surface area contributed by atoms with Crippen LogP contribution < -0.4 is 9.47 Å². The van der Waals surface area contributed by atoms with Gasteiger partial charge >= 0.3 is 0 Å². The third-order valence-electron chi connectivity index (χ3n) is 4.47. The normalized spacial score (nSPS) is 13.0. The lowest BCUT2D eigenvalue weighted by atomic mass is 10.2. The Morgan fingerprint density at radius 1 is 0.613 bits per heavy atom. The van der Waals surface area contributed by atoms with E-state index in [4.69, 9.17) is 13.7 Å². The number of rotatable bonds is 6. The highest BCUT2D eigenvalue weighted by molar-refractivity contribution is 8.30. The van der Waals surface area contributed by atoms with Gasteiger partial charge in [0.25, 0.3) is 0 Å². The Hall–Kier alpha value is -2.43. The van der Waals surface area contributed by atoms with Crippen LogP contribution in [0.2, 0.25) is 0 Å². The molecule has 3 aromatic rings. The van der Waals surface area contributed by atoms with Crippen molar-refractivity contribution in [2.45, 2.75) is 67.4 Å². The Bertz CT molecular complexity index is 947. The van der Waals surface area contributed by atoms with Gasteiger partial charge in [-0.25, -0.2) is 0 Å². The van der Waals surface area contributed by atoms with Crippen LogP contribution >= 0.6 is 10.3 Å². The number of hydrogen-bond donors (Lipinski definition) is 0. The molecule has 0 saturated heterocycles. The van der Waals surface area contributed by atoms with E-state index >= 15 is 0 Å². The van der Waals surface area contributed by atoms with E-state index in [-0.39, 0.29) is 11.2 Å². The summed E-state index contributed by atoms with van der Waals surface area (Å²) in [6.07, 6.45) is 0. The minimum Gasteiger partial charge on any atom is -0.488 e. The van der Waals surface area contributed by atoms with E-state index in [1.165, 1.54) is 0 Å². The maximum Gasteiger partial charge on any atom is 0.135 e. The van der Waals surface area contributed by atoms with Gasteiger partial charge in [0, 0.05) is 16.9 Å². The fourth-order valence-electron chi connectivity index (χ4n) is 3.44. The average Bonchev–Trinajstić information content (AvgIpc) is 2.70. The van der Waals surface area contributed by atoms with Crippen molar-refractivity contribution in [3.63, 3.8) is 0 Å². The van der Waals surface area contributed by atoms with E-state index in [1.807, 2.05) is 24.3 Å². The van der Waals surface area contributed by atoms with Crippen molar-refractivity contribution in [3.8, 4) is 11.5 Å². The molecule has 0 aliphatic heterocycles. The highest BCUT2D eigenvalue weighted by Gasteiger charge is 2.35. The molecule has 31 heavy (non-hydrogen) atoms. The average molecular weight is 439 g/mol. The van der Waals surface area contributed by atoms with Crippen molar-refractivity contribution >= 4 is 10.3 Å². The first-order valence-electron chi connectivity index (χ1n) is 10.6. The molecule has 0 fully saturated rings.